The number of rotatable bonds is 4. The van der Waals surface area contributed by atoms with E-state index in [1.807, 2.05) is 0 Å². The molecule has 6 nitrogen and oxygen atoms in total. The van der Waals surface area contributed by atoms with Crippen molar-refractivity contribution in [2.45, 2.75) is 62.9 Å². The number of nitrogens with zero attached hydrogens (tertiary/aromatic N) is 4. The van der Waals surface area contributed by atoms with Crippen LogP contribution >= 0.6 is 11.3 Å². The van der Waals surface area contributed by atoms with Crippen molar-refractivity contribution in [1.29, 1.82) is 0 Å². The van der Waals surface area contributed by atoms with Gasteiger partial charge in [-0.3, -0.25) is 9.80 Å². The molecule has 5 heterocycles. The van der Waals surface area contributed by atoms with Crippen molar-refractivity contribution in [1.82, 2.24) is 24.8 Å². The number of hydrogen-bond acceptors (Lipinski definition) is 6. The summed E-state index contributed by atoms with van der Waals surface area (Å²) in [7, 11) is 2.22. The van der Waals surface area contributed by atoms with E-state index in [2.05, 4.69) is 45.7 Å². The number of nitrogens with one attached hydrogen (secondary N) is 1. The number of fused-ring (bicyclic) bond motifs is 1. The summed E-state index contributed by atoms with van der Waals surface area (Å²) in [5.74, 6) is 0.613. The second-order valence-corrected chi connectivity index (χ2v) is 11.0. The molecular formula is C26H35N5OS. The predicted molar refractivity (Wildman–Crippen MR) is 134 cm³/mol. The number of hydrogen-bond donors (Lipinski definition) is 1. The van der Waals surface area contributed by atoms with Gasteiger partial charge < -0.3 is 9.72 Å². The molecule has 3 aliphatic rings. The molecule has 0 amide bonds. The molecule has 1 saturated carbocycles. The van der Waals surface area contributed by atoms with E-state index in [1.165, 1.54) is 79.6 Å². The molecule has 6 rings (SSSR count). The normalized spacial score (nSPS) is 27.8. The molecule has 2 saturated heterocycles. The maximum atomic E-state index is 5.66. The van der Waals surface area contributed by atoms with Gasteiger partial charge in [-0.15, -0.1) is 11.3 Å². The van der Waals surface area contributed by atoms with Crippen LogP contribution < -0.4 is 0 Å². The first kappa shape index (κ1) is 21.7. The van der Waals surface area contributed by atoms with Gasteiger partial charge in [0, 0.05) is 54.5 Å². The van der Waals surface area contributed by atoms with Gasteiger partial charge in [0.15, 0.2) is 0 Å². The molecule has 7 heteroatoms. The average molecular weight is 466 g/mol. The molecule has 1 N–H and O–H groups in total. The summed E-state index contributed by atoms with van der Waals surface area (Å²) in [4.78, 5) is 18.4. The van der Waals surface area contributed by atoms with Crippen molar-refractivity contribution < 1.29 is 4.74 Å². The molecule has 1 unspecified atom stereocenters. The van der Waals surface area contributed by atoms with Gasteiger partial charge in [-0.2, -0.15) is 0 Å². The highest BCUT2D eigenvalue weighted by Gasteiger charge is 2.28. The predicted octanol–water partition coefficient (Wildman–Crippen LogP) is 5.20. The summed E-state index contributed by atoms with van der Waals surface area (Å²) in [5.41, 5.74) is 4.65. The monoisotopic (exact) mass is 465 g/mol. The van der Waals surface area contributed by atoms with Crippen LogP contribution in [0.25, 0.3) is 22.3 Å². The molecule has 1 atom stereocenters. The van der Waals surface area contributed by atoms with Crippen molar-refractivity contribution in [3.8, 4) is 11.3 Å². The van der Waals surface area contributed by atoms with Crippen molar-refractivity contribution in [2.24, 2.45) is 0 Å². The van der Waals surface area contributed by atoms with Gasteiger partial charge in [0.05, 0.1) is 18.3 Å². The van der Waals surface area contributed by atoms with Gasteiger partial charge in [-0.1, -0.05) is 0 Å². The van der Waals surface area contributed by atoms with Gasteiger partial charge in [0.2, 0.25) is 0 Å². The second kappa shape index (κ2) is 9.45. The fraction of sp³-hybridized carbons (Fsp3) is 0.615. The third-order valence-electron chi connectivity index (χ3n) is 8.10. The van der Waals surface area contributed by atoms with E-state index >= 15 is 0 Å². The topological polar surface area (TPSA) is 57.3 Å². The Balaban J connectivity index is 1.19. The molecular weight excluding hydrogens is 430 g/mol. The minimum atomic E-state index is 0.480. The quantitative estimate of drug-likeness (QED) is 0.574. The second-order valence-electron chi connectivity index (χ2n) is 10.1. The Morgan fingerprint density at radius 3 is 2.82 bits per heavy atom. The summed E-state index contributed by atoms with van der Waals surface area (Å²) in [6.45, 7) is 5.29. The smallest absolute Gasteiger partial charge is 0.137 e. The molecule has 1 aliphatic carbocycles. The Labute approximate surface area is 200 Å². The Kier molecular flexibility index (Phi) is 6.22. The van der Waals surface area contributed by atoms with E-state index in [9.17, 15) is 0 Å². The fourth-order valence-corrected chi connectivity index (χ4v) is 7.16. The van der Waals surface area contributed by atoms with E-state index in [0.717, 1.165) is 37.1 Å². The van der Waals surface area contributed by atoms with Gasteiger partial charge in [-0.05, 0) is 76.1 Å². The Bertz CT molecular complexity index is 1080. The molecule has 3 fully saturated rings. The minimum Gasteiger partial charge on any atom is -0.380 e. The molecule has 0 aromatic carbocycles. The Morgan fingerprint density at radius 1 is 1.06 bits per heavy atom. The third-order valence-corrected chi connectivity index (χ3v) is 9.04. The van der Waals surface area contributed by atoms with Crippen LogP contribution in [0, 0.1) is 0 Å². The van der Waals surface area contributed by atoms with Crippen LogP contribution in [-0.4, -0.2) is 70.7 Å². The molecule has 2 aliphatic heterocycles. The van der Waals surface area contributed by atoms with E-state index in [1.54, 1.807) is 11.3 Å². The minimum absolute atomic E-state index is 0.480. The van der Waals surface area contributed by atoms with Gasteiger partial charge in [-0.25, -0.2) is 9.97 Å². The molecule has 3 aromatic heterocycles. The lowest BCUT2D eigenvalue weighted by molar-refractivity contribution is 0.118. The Hall–Kier alpha value is -1.80. The maximum absolute atomic E-state index is 5.66. The van der Waals surface area contributed by atoms with Crippen molar-refractivity contribution in [3.63, 3.8) is 0 Å². The molecule has 0 bridgehead atoms. The number of ether oxygens (including phenoxy) is 1. The molecule has 0 spiro atoms. The van der Waals surface area contributed by atoms with Crippen LogP contribution in [0.5, 0.6) is 0 Å². The zero-order valence-corrected chi connectivity index (χ0v) is 20.4. The highest BCUT2D eigenvalue weighted by Crippen LogP contribution is 2.39. The first-order chi connectivity index (χ1) is 16.3. The van der Waals surface area contributed by atoms with Crippen molar-refractivity contribution in [2.75, 3.05) is 39.9 Å². The van der Waals surface area contributed by atoms with E-state index in [0.29, 0.717) is 12.0 Å². The van der Waals surface area contributed by atoms with Crippen molar-refractivity contribution >= 4 is 22.4 Å². The van der Waals surface area contributed by atoms with E-state index in [4.69, 9.17) is 14.7 Å². The zero-order chi connectivity index (χ0) is 22.2. The highest BCUT2D eigenvalue weighted by molar-refractivity contribution is 7.10. The van der Waals surface area contributed by atoms with Crippen LogP contribution in [0.2, 0.25) is 0 Å². The number of thiazole rings is 1. The van der Waals surface area contributed by atoms with E-state index in [-0.39, 0.29) is 0 Å². The van der Waals surface area contributed by atoms with Gasteiger partial charge >= 0.3 is 0 Å². The van der Waals surface area contributed by atoms with Crippen molar-refractivity contribution in [3.05, 3.63) is 34.4 Å². The molecule has 33 heavy (non-hydrogen) atoms. The number of H-pyrrole nitrogens is 1. The first-order valence-electron chi connectivity index (χ1n) is 12.7. The van der Waals surface area contributed by atoms with Crippen LogP contribution in [0.4, 0.5) is 0 Å². The number of aromatic nitrogens is 3. The lowest BCUT2D eigenvalue weighted by Gasteiger charge is -2.36. The zero-order valence-electron chi connectivity index (χ0n) is 19.6. The average Bonchev–Trinajstić information content (AvgIpc) is 3.54. The summed E-state index contributed by atoms with van der Waals surface area (Å²) in [5, 5.41) is 4.70. The molecule has 0 radical (unpaired) electrons. The van der Waals surface area contributed by atoms with Gasteiger partial charge in [0.1, 0.15) is 10.7 Å². The lowest BCUT2D eigenvalue weighted by atomic mass is 9.81. The highest BCUT2D eigenvalue weighted by atomic mass is 32.1. The lowest BCUT2D eigenvalue weighted by Crippen LogP contribution is -2.39. The number of likely N-dealkylation sites (tertiary alicyclic amines) is 1. The number of pyridine rings is 1. The van der Waals surface area contributed by atoms with Crippen LogP contribution in [-0.2, 0) is 4.74 Å². The van der Waals surface area contributed by atoms with Crippen LogP contribution in [0.15, 0.2) is 23.8 Å². The molecule has 176 valence electrons. The van der Waals surface area contributed by atoms with Crippen LogP contribution in [0.1, 0.15) is 67.5 Å². The maximum Gasteiger partial charge on any atom is 0.137 e. The van der Waals surface area contributed by atoms with E-state index < -0.39 is 0 Å². The largest absolute Gasteiger partial charge is 0.380 e. The van der Waals surface area contributed by atoms with Crippen LogP contribution in [0.3, 0.4) is 0 Å². The summed E-state index contributed by atoms with van der Waals surface area (Å²) < 4.78 is 5.66. The fourth-order valence-electron chi connectivity index (χ4n) is 6.15. The Morgan fingerprint density at radius 2 is 1.97 bits per heavy atom. The third kappa shape index (κ3) is 4.36. The number of aromatic amines is 1. The molecule has 3 aromatic rings. The first-order valence-corrected chi connectivity index (χ1v) is 13.6. The summed E-state index contributed by atoms with van der Waals surface area (Å²) in [6.07, 6.45) is 12.9. The SMILES string of the molecule is CN1CCCC1c1nc(-c2c[nH]c3ncc([C@H]4CC[C@H](N5CCCOCC5)CC4)cc23)cs1. The summed E-state index contributed by atoms with van der Waals surface area (Å²) in [6, 6.07) is 3.60. The standard InChI is InChI=1S/C26H35N5OS/c1-30-9-2-4-24(30)26-29-23(17-33-26)22-16-28-25-21(22)14-19(15-27-25)18-5-7-20(8-6-18)31-10-3-12-32-13-11-31/h14-18,20,24H,2-13H2,1H3,(H,27,28)/t18-,20-,24?. The van der Waals surface area contributed by atoms with Gasteiger partial charge in [0.25, 0.3) is 0 Å². The summed E-state index contributed by atoms with van der Waals surface area (Å²) >= 11 is 1.80.